The minimum absolute atomic E-state index is 0.433. The summed E-state index contributed by atoms with van der Waals surface area (Å²) in [6, 6.07) is 2.29. The van der Waals surface area contributed by atoms with Crippen LogP contribution in [0, 0.1) is 6.92 Å². The smallest absolute Gasteiger partial charge is 0.378 e. The second kappa shape index (κ2) is 4.67. The van der Waals surface area contributed by atoms with Gasteiger partial charge in [-0.3, -0.25) is 0 Å². The summed E-state index contributed by atoms with van der Waals surface area (Å²) in [5.74, 6) is 0. The Kier molecular flexibility index (Phi) is 3.22. The fraction of sp³-hybridized carbons (Fsp3) is 0.273. The summed E-state index contributed by atoms with van der Waals surface area (Å²) in [6.45, 7) is 2.30. The van der Waals surface area contributed by atoms with Crippen LogP contribution in [0.4, 0.5) is 18.9 Å². The topological polar surface area (TPSA) is 53.6 Å². The van der Waals surface area contributed by atoms with E-state index in [2.05, 4.69) is 20.3 Å². The molecule has 7 heteroatoms. The van der Waals surface area contributed by atoms with Crippen LogP contribution in [0.1, 0.15) is 17.1 Å². The largest absolute Gasteiger partial charge is 0.433 e. The Morgan fingerprint density at radius 1 is 1.28 bits per heavy atom. The summed E-state index contributed by atoms with van der Waals surface area (Å²) < 4.78 is 36.9. The van der Waals surface area contributed by atoms with Gasteiger partial charge in [0.25, 0.3) is 0 Å². The summed E-state index contributed by atoms with van der Waals surface area (Å²) in [5, 5.41) is 2.95. The van der Waals surface area contributed by atoms with Crippen LogP contribution in [0.5, 0.6) is 0 Å². The van der Waals surface area contributed by atoms with Crippen LogP contribution >= 0.6 is 0 Å². The molecule has 0 bridgehead atoms. The number of imidazole rings is 1. The molecule has 0 saturated heterocycles. The quantitative estimate of drug-likeness (QED) is 0.887. The van der Waals surface area contributed by atoms with E-state index in [1.54, 1.807) is 6.33 Å². The van der Waals surface area contributed by atoms with E-state index in [9.17, 15) is 13.2 Å². The molecule has 0 amide bonds. The number of hydrogen-bond donors (Lipinski definition) is 2. The first-order valence-electron chi connectivity index (χ1n) is 5.23. The number of nitrogens with zero attached hydrogens (tertiary/aromatic N) is 2. The number of hydrogen-bond acceptors (Lipinski definition) is 3. The molecule has 2 rings (SSSR count). The molecule has 2 N–H and O–H groups in total. The maximum atomic E-state index is 12.3. The van der Waals surface area contributed by atoms with Gasteiger partial charge < -0.3 is 10.3 Å². The van der Waals surface area contributed by atoms with E-state index in [1.807, 2.05) is 6.92 Å². The summed E-state index contributed by atoms with van der Waals surface area (Å²) in [5.41, 5.74) is 1.35. The Morgan fingerprint density at radius 3 is 2.56 bits per heavy atom. The van der Waals surface area contributed by atoms with Gasteiger partial charge in [0.15, 0.2) is 0 Å². The predicted molar refractivity (Wildman–Crippen MR) is 59.9 cm³/mol. The van der Waals surface area contributed by atoms with Crippen molar-refractivity contribution in [3.63, 3.8) is 0 Å². The SMILES string of the molecule is Cc1[nH]cnc1CNc1ccc(C(F)(F)F)nc1. The number of pyridine rings is 1. The molecule has 0 aliphatic heterocycles. The highest BCUT2D eigenvalue weighted by Gasteiger charge is 2.31. The summed E-state index contributed by atoms with van der Waals surface area (Å²) in [6.07, 6.45) is -1.68. The molecule has 4 nitrogen and oxygen atoms in total. The molecule has 0 atom stereocenters. The first kappa shape index (κ1) is 12.4. The van der Waals surface area contributed by atoms with Crippen LogP contribution in [-0.4, -0.2) is 15.0 Å². The third kappa shape index (κ3) is 2.79. The van der Waals surface area contributed by atoms with E-state index in [0.29, 0.717) is 12.2 Å². The highest BCUT2D eigenvalue weighted by molar-refractivity contribution is 5.41. The second-order valence-corrected chi connectivity index (χ2v) is 3.76. The van der Waals surface area contributed by atoms with Gasteiger partial charge in [-0.15, -0.1) is 0 Å². The summed E-state index contributed by atoms with van der Waals surface area (Å²) >= 11 is 0. The summed E-state index contributed by atoms with van der Waals surface area (Å²) in [4.78, 5) is 10.3. The van der Waals surface area contributed by atoms with Crippen molar-refractivity contribution in [1.82, 2.24) is 15.0 Å². The lowest BCUT2D eigenvalue weighted by Crippen LogP contribution is -2.08. The molecule has 0 aliphatic rings. The fourth-order valence-electron chi connectivity index (χ4n) is 1.42. The lowest BCUT2D eigenvalue weighted by atomic mass is 10.3. The lowest BCUT2D eigenvalue weighted by molar-refractivity contribution is -0.141. The number of alkyl halides is 3. The van der Waals surface area contributed by atoms with E-state index in [-0.39, 0.29) is 0 Å². The zero-order valence-electron chi connectivity index (χ0n) is 9.54. The van der Waals surface area contributed by atoms with Gasteiger partial charge in [0.1, 0.15) is 5.69 Å². The number of aryl methyl sites for hydroxylation is 1. The van der Waals surface area contributed by atoms with Crippen LogP contribution < -0.4 is 5.32 Å². The molecule has 0 saturated carbocycles. The van der Waals surface area contributed by atoms with Crippen molar-refractivity contribution in [2.45, 2.75) is 19.6 Å². The second-order valence-electron chi connectivity index (χ2n) is 3.76. The highest BCUT2D eigenvalue weighted by atomic mass is 19.4. The van der Waals surface area contributed by atoms with Crippen molar-refractivity contribution in [3.8, 4) is 0 Å². The van der Waals surface area contributed by atoms with Crippen LogP contribution in [0.25, 0.3) is 0 Å². The average Bonchev–Trinajstić information content (AvgIpc) is 2.72. The number of aromatic amines is 1. The van der Waals surface area contributed by atoms with Gasteiger partial charge in [0.05, 0.1) is 30.5 Å². The molecule has 0 spiro atoms. The molecule has 0 unspecified atom stereocenters. The van der Waals surface area contributed by atoms with Crippen molar-refractivity contribution in [3.05, 3.63) is 41.7 Å². The molecule has 0 radical (unpaired) electrons. The number of rotatable bonds is 3. The van der Waals surface area contributed by atoms with Crippen molar-refractivity contribution >= 4 is 5.69 Å². The average molecular weight is 256 g/mol. The van der Waals surface area contributed by atoms with Crippen molar-refractivity contribution < 1.29 is 13.2 Å². The first-order valence-corrected chi connectivity index (χ1v) is 5.23. The molecule has 0 aromatic carbocycles. The number of nitrogens with one attached hydrogen (secondary N) is 2. The fourth-order valence-corrected chi connectivity index (χ4v) is 1.42. The number of aromatic nitrogens is 3. The zero-order valence-corrected chi connectivity index (χ0v) is 9.54. The molecule has 2 heterocycles. The monoisotopic (exact) mass is 256 g/mol. The van der Waals surface area contributed by atoms with Crippen LogP contribution in [0.3, 0.4) is 0 Å². The highest BCUT2D eigenvalue weighted by Crippen LogP contribution is 2.27. The first-order chi connectivity index (χ1) is 8.47. The number of anilines is 1. The van der Waals surface area contributed by atoms with Gasteiger partial charge in [0, 0.05) is 5.69 Å². The predicted octanol–water partition coefficient (Wildman–Crippen LogP) is 2.74. The Bertz CT molecular complexity index is 516. The third-order valence-corrected chi connectivity index (χ3v) is 2.45. The van der Waals surface area contributed by atoms with Gasteiger partial charge in [-0.05, 0) is 19.1 Å². The van der Waals surface area contributed by atoms with Crippen LogP contribution in [0.15, 0.2) is 24.7 Å². The lowest BCUT2D eigenvalue weighted by Gasteiger charge is -2.08. The third-order valence-electron chi connectivity index (χ3n) is 2.45. The van der Waals surface area contributed by atoms with Crippen LogP contribution in [0.2, 0.25) is 0 Å². The molecular formula is C11H11F3N4. The van der Waals surface area contributed by atoms with Gasteiger partial charge in [-0.2, -0.15) is 13.2 Å². The van der Waals surface area contributed by atoms with E-state index < -0.39 is 11.9 Å². The van der Waals surface area contributed by atoms with E-state index in [4.69, 9.17) is 0 Å². The van der Waals surface area contributed by atoms with Gasteiger partial charge >= 0.3 is 6.18 Å². The Labute approximate surface area is 101 Å². The minimum Gasteiger partial charge on any atom is -0.378 e. The summed E-state index contributed by atoms with van der Waals surface area (Å²) in [7, 11) is 0. The molecule has 2 aromatic rings. The van der Waals surface area contributed by atoms with Crippen molar-refractivity contribution in [2.75, 3.05) is 5.32 Å². The zero-order chi connectivity index (χ0) is 13.2. The van der Waals surface area contributed by atoms with Gasteiger partial charge in [-0.1, -0.05) is 0 Å². The number of H-pyrrole nitrogens is 1. The molecule has 0 fully saturated rings. The molecular weight excluding hydrogens is 245 g/mol. The minimum atomic E-state index is -4.41. The molecule has 96 valence electrons. The number of halogens is 3. The van der Waals surface area contributed by atoms with E-state index >= 15 is 0 Å². The Balaban J connectivity index is 2.01. The molecule has 2 aromatic heterocycles. The normalized spacial score (nSPS) is 11.6. The Morgan fingerprint density at radius 2 is 2.06 bits per heavy atom. The van der Waals surface area contributed by atoms with Crippen molar-refractivity contribution in [1.29, 1.82) is 0 Å². The van der Waals surface area contributed by atoms with Crippen molar-refractivity contribution in [2.24, 2.45) is 0 Å². The maximum Gasteiger partial charge on any atom is 0.433 e. The van der Waals surface area contributed by atoms with Gasteiger partial charge in [-0.25, -0.2) is 9.97 Å². The molecule has 18 heavy (non-hydrogen) atoms. The maximum absolute atomic E-state index is 12.3. The van der Waals surface area contributed by atoms with Gasteiger partial charge in [0.2, 0.25) is 0 Å². The van der Waals surface area contributed by atoms with E-state index in [0.717, 1.165) is 23.7 Å². The Hall–Kier alpha value is -2.05. The standard InChI is InChI=1S/C11H11F3N4/c1-7-9(18-6-17-7)5-15-8-2-3-10(16-4-8)11(12,13)14/h2-4,6,15H,5H2,1H3,(H,17,18). The van der Waals surface area contributed by atoms with Crippen LogP contribution in [-0.2, 0) is 12.7 Å². The molecule has 0 aliphatic carbocycles. The van der Waals surface area contributed by atoms with E-state index in [1.165, 1.54) is 6.07 Å².